The van der Waals surface area contributed by atoms with Crippen molar-refractivity contribution < 1.29 is 0 Å². The minimum atomic E-state index is 0.582. The Morgan fingerprint density at radius 2 is 1.90 bits per heavy atom. The first-order chi connectivity index (χ1) is 10.1. The summed E-state index contributed by atoms with van der Waals surface area (Å²) in [7, 11) is 0. The topological polar surface area (TPSA) is 28.2 Å². The van der Waals surface area contributed by atoms with Crippen LogP contribution in [0.5, 0.6) is 0 Å². The lowest BCUT2D eigenvalue weighted by Gasteiger charge is -2.33. The molecule has 0 aliphatic heterocycles. The van der Waals surface area contributed by atoms with Gasteiger partial charge in [-0.1, -0.05) is 34.6 Å². The third-order valence-corrected chi connectivity index (χ3v) is 3.81. The van der Waals surface area contributed by atoms with E-state index in [4.69, 9.17) is 0 Å². The molecule has 1 N–H and O–H groups in total. The lowest BCUT2D eigenvalue weighted by Crippen LogP contribution is -2.38. The lowest BCUT2D eigenvalue weighted by atomic mass is 10.1. The van der Waals surface area contributed by atoms with E-state index in [0.717, 1.165) is 25.5 Å². The zero-order chi connectivity index (χ0) is 15.7. The Hall–Kier alpha value is -1.09. The molecule has 1 aromatic rings. The van der Waals surface area contributed by atoms with Crippen LogP contribution in [0.3, 0.4) is 0 Å². The third kappa shape index (κ3) is 6.04. The molecule has 0 atom stereocenters. The van der Waals surface area contributed by atoms with Crippen molar-refractivity contribution in [2.45, 2.75) is 66.5 Å². The van der Waals surface area contributed by atoms with Crippen molar-refractivity contribution in [3.05, 3.63) is 23.9 Å². The van der Waals surface area contributed by atoms with Gasteiger partial charge >= 0.3 is 0 Å². The Balaban J connectivity index is 2.87. The van der Waals surface area contributed by atoms with Crippen molar-refractivity contribution in [1.82, 2.24) is 10.3 Å². The predicted molar refractivity (Wildman–Crippen MR) is 92.8 cm³/mol. The highest BCUT2D eigenvalue weighted by molar-refractivity contribution is 5.42. The first kappa shape index (κ1) is 18.0. The Labute approximate surface area is 131 Å². The van der Waals surface area contributed by atoms with Gasteiger partial charge in [0.05, 0.1) is 0 Å². The fourth-order valence-electron chi connectivity index (χ4n) is 2.69. The van der Waals surface area contributed by atoms with Crippen LogP contribution in [0, 0.1) is 5.92 Å². The Kier molecular flexibility index (Phi) is 8.36. The fourth-order valence-corrected chi connectivity index (χ4v) is 2.69. The van der Waals surface area contributed by atoms with E-state index in [1.54, 1.807) is 0 Å². The Morgan fingerprint density at radius 1 is 1.19 bits per heavy atom. The normalized spacial score (nSPS) is 11.4. The molecular weight excluding hydrogens is 258 g/mol. The molecule has 1 heterocycles. The third-order valence-electron chi connectivity index (χ3n) is 3.81. The van der Waals surface area contributed by atoms with Gasteiger partial charge in [0.25, 0.3) is 0 Å². The second kappa shape index (κ2) is 9.78. The van der Waals surface area contributed by atoms with Gasteiger partial charge < -0.3 is 10.2 Å². The largest absolute Gasteiger partial charge is 0.353 e. The predicted octanol–water partition coefficient (Wildman–Crippen LogP) is 4.23. The van der Waals surface area contributed by atoms with E-state index in [2.05, 4.69) is 62.0 Å². The van der Waals surface area contributed by atoms with E-state index in [1.807, 2.05) is 6.20 Å². The molecule has 3 heteroatoms. The maximum absolute atomic E-state index is 4.64. The summed E-state index contributed by atoms with van der Waals surface area (Å²) in [6.45, 7) is 14.4. The van der Waals surface area contributed by atoms with Crippen LogP contribution in [-0.4, -0.2) is 24.1 Å². The van der Waals surface area contributed by atoms with Crippen molar-refractivity contribution in [2.24, 2.45) is 5.92 Å². The average molecular weight is 291 g/mol. The molecule has 0 spiro atoms. The van der Waals surface area contributed by atoms with Crippen LogP contribution < -0.4 is 10.2 Å². The molecule has 0 radical (unpaired) electrons. The second-order valence-corrected chi connectivity index (χ2v) is 6.22. The van der Waals surface area contributed by atoms with Crippen LogP contribution >= 0.6 is 0 Å². The highest BCUT2D eigenvalue weighted by atomic mass is 15.2. The van der Waals surface area contributed by atoms with Gasteiger partial charge in [-0.2, -0.15) is 0 Å². The van der Waals surface area contributed by atoms with E-state index >= 15 is 0 Å². The highest BCUT2D eigenvalue weighted by Gasteiger charge is 2.18. The number of nitrogens with zero attached hydrogens (tertiary/aromatic N) is 2. The smallest absolute Gasteiger partial charge is 0.129 e. The van der Waals surface area contributed by atoms with Crippen LogP contribution in [0.2, 0.25) is 0 Å². The van der Waals surface area contributed by atoms with Crippen molar-refractivity contribution in [1.29, 1.82) is 0 Å². The van der Waals surface area contributed by atoms with Gasteiger partial charge in [0, 0.05) is 25.3 Å². The van der Waals surface area contributed by atoms with Gasteiger partial charge in [0.1, 0.15) is 5.82 Å². The summed E-state index contributed by atoms with van der Waals surface area (Å²) in [4.78, 5) is 7.13. The summed E-state index contributed by atoms with van der Waals surface area (Å²) in [5.74, 6) is 1.78. The molecule has 0 saturated heterocycles. The van der Waals surface area contributed by atoms with Gasteiger partial charge in [-0.15, -0.1) is 0 Å². The van der Waals surface area contributed by atoms with Crippen LogP contribution in [0.4, 0.5) is 5.82 Å². The summed E-state index contributed by atoms with van der Waals surface area (Å²) in [5, 5.41) is 3.47. The first-order valence-corrected chi connectivity index (χ1v) is 8.54. The molecule has 0 bridgehead atoms. The van der Waals surface area contributed by atoms with E-state index in [9.17, 15) is 0 Å². The number of hydrogen-bond donors (Lipinski definition) is 1. The SMILES string of the molecule is CCCNCc1ccnc(N(CC(C)C)C(CC)CC)c1. The lowest BCUT2D eigenvalue weighted by molar-refractivity contribution is 0.503. The molecule has 0 aliphatic carbocycles. The molecule has 120 valence electrons. The van der Waals surface area contributed by atoms with E-state index in [0.29, 0.717) is 12.0 Å². The van der Waals surface area contributed by atoms with Crippen LogP contribution in [0.25, 0.3) is 0 Å². The van der Waals surface area contributed by atoms with E-state index < -0.39 is 0 Å². The fraction of sp³-hybridized carbons (Fsp3) is 0.722. The van der Waals surface area contributed by atoms with Crippen molar-refractivity contribution in [3.8, 4) is 0 Å². The molecule has 0 unspecified atom stereocenters. The summed E-state index contributed by atoms with van der Waals surface area (Å²) < 4.78 is 0. The molecule has 1 aromatic heterocycles. The number of pyridine rings is 1. The average Bonchev–Trinajstić information content (AvgIpc) is 2.48. The minimum Gasteiger partial charge on any atom is -0.353 e. The number of nitrogens with one attached hydrogen (secondary N) is 1. The molecule has 0 saturated carbocycles. The quantitative estimate of drug-likeness (QED) is 0.654. The van der Waals surface area contributed by atoms with E-state index in [-0.39, 0.29) is 0 Å². The van der Waals surface area contributed by atoms with Gasteiger partial charge in [0.2, 0.25) is 0 Å². The number of hydrogen-bond acceptors (Lipinski definition) is 3. The van der Waals surface area contributed by atoms with Crippen LogP contribution in [0.15, 0.2) is 18.3 Å². The van der Waals surface area contributed by atoms with Crippen molar-refractivity contribution in [3.63, 3.8) is 0 Å². The first-order valence-electron chi connectivity index (χ1n) is 8.54. The molecular formula is C18H33N3. The van der Waals surface area contributed by atoms with Gasteiger partial charge in [-0.05, 0) is 49.4 Å². The minimum absolute atomic E-state index is 0.582. The van der Waals surface area contributed by atoms with Gasteiger partial charge in [-0.25, -0.2) is 4.98 Å². The summed E-state index contributed by atoms with van der Waals surface area (Å²) in [6, 6.07) is 4.95. The van der Waals surface area contributed by atoms with Gasteiger partial charge in [0.15, 0.2) is 0 Å². The zero-order valence-corrected chi connectivity index (χ0v) is 14.5. The number of rotatable bonds is 10. The summed E-state index contributed by atoms with van der Waals surface area (Å²) >= 11 is 0. The van der Waals surface area contributed by atoms with Crippen LogP contribution in [0.1, 0.15) is 59.4 Å². The number of anilines is 1. The highest BCUT2D eigenvalue weighted by Crippen LogP contribution is 2.21. The van der Waals surface area contributed by atoms with Crippen molar-refractivity contribution in [2.75, 3.05) is 18.0 Å². The van der Waals surface area contributed by atoms with Crippen LogP contribution in [-0.2, 0) is 6.54 Å². The standard InChI is InChI=1S/C18H33N3/c1-6-10-19-13-16-9-11-20-18(12-16)21(14-15(4)5)17(7-2)8-3/h9,11-12,15,17,19H,6-8,10,13-14H2,1-5H3. The molecule has 0 aromatic carbocycles. The maximum atomic E-state index is 4.64. The molecule has 0 aliphatic rings. The van der Waals surface area contributed by atoms with Crippen molar-refractivity contribution >= 4 is 5.82 Å². The molecule has 0 fully saturated rings. The molecule has 0 amide bonds. The summed E-state index contributed by atoms with van der Waals surface area (Å²) in [5.41, 5.74) is 1.33. The zero-order valence-electron chi connectivity index (χ0n) is 14.5. The molecule has 21 heavy (non-hydrogen) atoms. The summed E-state index contributed by atoms with van der Waals surface area (Å²) in [6.07, 6.45) is 5.46. The molecule has 1 rings (SSSR count). The second-order valence-electron chi connectivity index (χ2n) is 6.22. The van der Waals surface area contributed by atoms with Gasteiger partial charge in [-0.3, -0.25) is 0 Å². The number of aromatic nitrogens is 1. The van der Waals surface area contributed by atoms with E-state index in [1.165, 1.54) is 24.8 Å². The molecule has 3 nitrogen and oxygen atoms in total. The Bertz CT molecular complexity index is 386. The Morgan fingerprint density at radius 3 is 2.48 bits per heavy atom. The maximum Gasteiger partial charge on any atom is 0.129 e. The monoisotopic (exact) mass is 291 g/mol.